The van der Waals surface area contributed by atoms with Crippen LogP contribution in [-0.4, -0.2) is 30.2 Å². The highest BCUT2D eigenvalue weighted by atomic mass is 16.6. The monoisotopic (exact) mass is 185 g/mol. The Morgan fingerprint density at radius 2 is 2.08 bits per heavy atom. The molecule has 13 heavy (non-hydrogen) atoms. The molecule has 0 aliphatic rings. The lowest BCUT2D eigenvalue weighted by Crippen LogP contribution is -2.34. The number of nitrogens with zero attached hydrogens (tertiary/aromatic N) is 1. The van der Waals surface area contributed by atoms with Crippen molar-refractivity contribution in [1.29, 1.82) is 0 Å². The summed E-state index contributed by atoms with van der Waals surface area (Å²) < 4.78 is 5.05. The van der Waals surface area contributed by atoms with E-state index in [0.717, 1.165) is 5.57 Å². The van der Waals surface area contributed by atoms with Crippen LogP contribution >= 0.6 is 0 Å². The molecular weight excluding hydrogens is 166 g/mol. The summed E-state index contributed by atoms with van der Waals surface area (Å²) in [6.45, 7) is 12.5. The third kappa shape index (κ3) is 5.28. The molecule has 0 fully saturated rings. The summed E-state index contributed by atoms with van der Waals surface area (Å²) in [5, 5.41) is 0. The van der Waals surface area contributed by atoms with Crippen LogP contribution in [0, 0.1) is 0 Å². The molecule has 76 valence electrons. The minimum absolute atomic E-state index is 0.0633. The Balaban J connectivity index is 4.07. The summed E-state index contributed by atoms with van der Waals surface area (Å²) >= 11 is 0. The minimum atomic E-state index is -0.263. The minimum Gasteiger partial charge on any atom is -0.447 e. The molecule has 3 nitrogen and oxygen atoms in total. The second-order valence-corrected chi connectivity index (χ2v) is 3.40. The first-order chi connectivity index (χ1) is 5.97. The fourth-order valence-corrected chi connectivity index (χ4v) is 0.907. The maximum atomic E-state index is 11.4. The van der Waals surface area contributed by atoms with Crippen molar-refractivity contribution in [3.63, 3.8) is 0 Å². The average molecular weight is 185 g/mol. The van der Waals surface area contributed by atoms with Gasteiger partial charge in [-0.3, -0.25) is 0 Å². The van der Waals surface area contributed by atoms with Crippen LogP contribution in [0.25, 0.3) is 0 Å². The van der Waals surface area contributed by atoms with E-state index in [9.17, 15) is 4.79 Å². The number of hydrogen-bond donors (Lipinski definition) is 0. The molecule has 0 unspecified atom stereocenters. The molecule has 0 aromatic rings. The Morgan fingerprint density at radius 1 is 1.54 bits per heavy atom. The standard InChI is InChI=1S/C10H19NO2/c1-6-11(7-8(2)3)10(12)13-9(4)5/h9H,2,6-7H2,1,3-5H3. The maximum Gasteiger partial charge on any atom is 0.410 e. The molecular formula is C10H19NO2. The smallest absolute Gasteiger partial charge is 0.410 e. The number of likely N-dealkylation sites (N-methyl/N-ethyl adjacent to an activating group) is 1. The van der Waals surface area contributed by atoms with Gasteiger partial charge in [0, 0.05) is 13.1 Å². The summed E-state index contributed by atoms with van der Waals surface area (Å²) in [7, 11) is 0. The Hall–Kier alpha value is -0.990. The molecule has 3 heteroatoms. The second kappa shape index (κ2) is 5.62. The SMILES string of the molecule is C=C(C)CN(CC)C(=O)OC(C)C. The number of ether oxygens (including phenoxy) is 1. The van der Waals surface area contributed by atoms with Gasteiger partial charge < -0.3 is 9.64 Å². The summed E-state index contributed by atoms with van der Waals surface area (Å²) in [6.07, 6.45) is -0.327. The van der Waals surface area contributed by atoms with Crippen LogP contribution in [0.15, 0.2) is 12.2 Å². The summed E-state index contributed by atoms with van der Waals surface area (Å²) in [5.41, 5.74) is 0.961. The lowest BCUT2D eigenvalue weighted by molar-refractivity contribution is 0.0809. The van der Waals surface area contributed by atoms with E-state index in [2.05, 4.69) is 6.58 Å². The summed E-state index contributed by atoms with van der Waals surface area (Å²) in [5.74, 6) is 0. The molecule has 0 heterocycles. The molecule has 0 saturated heterocycles. The van der Waals surface area contributed by atoms with Crippen LogP contribution in [0.5, 0.6) is 0 Å². The van der Waals surface area contributed by atoms with Crippen molar-refractivity contribution in [3.05, 3.63) is 12.2 Å². The molecule has 0 N–H and O–H groups in total. The molecule has 1 amide bonds. The van der Waals surface area contributed by atoms with Crippen LogP contribution < -0.4 is 0 Å². The third-order valence-electron chi connectivity index (χ3n) is 1.44. The Bertz CT molecular complexity index is 187. The van der Waals surface area contributed by atoms with Gasteiger partial charge in [0.15, 0.2) is 0 Å². The highest BCUT2D eigenvalue weighted by Crippen LogP contribution is 2.01. The average Bonchev–Trinajstić information content (AvgIpc) is 1.98. The molecule has 0 spiro atoms. The lowest BCUT2D eigenvalue weighted by Gasteiger charge is -2.21. The van der Waals surface area contributed by atoms with Crippen LogP contribution in [0.2, 0.25) is 0 Å². The fraction of sp³-hybridized carbons (Fsp3) is 0.700. The zero-order valence-corrected chi connectivity index (χ0v) is 8.96. The molecule has 0 aliphatic carbocycles. The van der Waals surface area contributed by atoms with Gasteiger partial charge in [0.1, 0.15) is 0 Å². The zero-order valence-electron chi connectivity index (χ0n) is 8.96. The molecule has 0 rings (SSSR count). The normalized spacial score (nSPS) is 9.92. The van der Waals surface area contributed by atoms with E-state index < -0.39 is 0 Å². The van der Waals surface area contributed by atoms with Gasteiger partial charge in [-0.2, -0.15) is 0 Å². The van der Waals surface area contributed by atoms with Crippen LogP contribution in [-0.2, 0) is 4.74 Å². The number of carbonyl (C=O) groups excluding carboxylic acids is 1. The van der Waals surface area contributed by atoms with E-state index in [4.69, 9.17) is 4.74 Å². The summed E-state index contributed by atoms with van der Waals surface area (Å²) in [6, 6.07) is 0. The molecule has 0 bridgehead atoms. The maximum absolute atomic E-state index is 11.4. The molecule has 0 aromatic heterocycles. The van der Waals surface area contributed by atoms with Gasteiger partial charge in [0.05, 0.1) is 6.10 Å². The molecule has 0 atom stereocenters. The molecule has 0 aromatic carbocycles. The van der Waals surface area contributed by atoms with E-state index in [-0.39, 0.29) is 12.2 Å². The fourth-order valence-electron chi connectivity index (χ4n) is 0.907. The van der Waals surface area contributed by atoms with Crippen LogP contribution in [0.3, 0.4) is 0 Å². The lowest BCUT2D eigenvalue weighted by atomic mass is 10.3. The predicted octanol–water partition coefficient (Wildman–Crippen LogP) is 2.43. The summed E-state index contributed by atoms with van der Waals surface area (Å²) in [4.78, 5) is 13.0. The van der Waals surface area contributed by atoms with Crippen molar-refractivity contribution in [2.75, 3.05) is 13.1 Å². The van der Waals surface area contributed by atoms with Crippen molar-refractivity contribution in [1.82, 2.24) is 4.90 Å². The van der Waals surface area contributed by atoms with Gasteiger partial charge in [-0.1, -0.05) is 12.2 Å². The van der Waals surface area contributed by atoms with Gasteiger partial charge in [0.25, 0.3) is 0 Å². The topological polar surface area (TPSA) is 29.5 Å². The van der Waals surface area contributed by atoms with Gasteiger partial charge in [0.2, 0.25) is 0 Å². The Morgan fingerprint density at radius 3 is 2.38 bits per heavy atom. The van der Waals surface area contributed by atoms with Gasteiger partial charge in [-0.15, -0.1) is 0 Å². The molecule has 0 aliphatic heterocycles. The zero-order chi connectivity index (χ0) is 10.4. The highest BCUT2D eigenvalue weighted by molar-refractivity contribution is 5.68. The Kier molecular flexibility index (Phi) is 5.19. The first-order valence-electron chi connectivity index (χ1n) is 4.57. The molecule has 0 saturated carbocycles. The van der Waals surface area contributed by atoms with Crippen molar-refractivity contribution in [3.8, 4) is 0 Å². The van der Waals surface area contributed by atoms with E-state index in [1.54, 1.807) is 4.90 Å². The van der Waals surface area contributed by atoms with Gasteiger partial charge in [-0.05, 0) is 27.7 Å². The van der Waals surface area contributed by atoms with E-state index in [1.807, 2.05) is 27.7 Å². The number of carbonyl (C=O) groups is 1. The predicted molar refractivity (Wildman–Crippen MR) is 53.7 cm³/mol. The number of amides is 1. The second-order valence-electron chi connectivity index (χ2n) is 3.40. The highest BCUT2D eigenvalue weighted by Gasteiger charge is 2.13. The number of hydrogen-bond acceptors (Lipinski definition) is 2. The van der Waals surface area contributed by atoms with Crippen molar-refractivity contribution < 1.29 is 9.53 Å². The van der Waals surface area contributed by atoms with Crippen LogP contribution in [0.1, 0.15) is 27.7 Å². The van der Waals surface area contributed by atoms with E-state index >= 15 is 0 Å². The first-order valence-corrected chi connectivity index (χ1v) is 4.57. The van der Waals surface area contributed by atoms with E-state index in [0.29, 0.717) is 13.1 Å². The van der Waals surface area contributed by atoms with Crippen LogP contribution in [0.4, 0.5) is 4.79 Å². The van der Waals surface area contributed by atoms with Crippen molar-refractivity contribution in [2.24, 2.45) is 0 Å². The van der Waals surface area contributed by atoms with Gasteiger partial charge >= 0.3 is 6.09 Å². The third-order valence-corrected chi connectivity index (χ3v) is 1.44. The molecule has 0 radical (unpaired) electrons. The number of rotatable bonds is 4. The van der Waals surface area contributed by atoms with Crippen molar-refractivity contribution in [2.45, 2.75) is 33.8 Å². The first kappa shape index (κ1) is 12.0. The van der Waals surface area contributed by atoms with E-state index in [1.165, 1.54) is 0 Å². The largest absolute Gasteiger partial charge is 0.447 e. The quantitative estimate of drug-likeness (QED) is 0.629. The van der Waals surface area contributed by atoms with Crippen molar-refractivity contribution >= 4 is 6.09 Å². The Labute approximate surface area is 80.4 Å². The van der Waals surface area contributed by atoms with Gasteiger partial charge in [-0.25, -0.2) is 4.79 Å².